The lowest BCUT2D eigenvalue weighted by molar-refractivity contribution is 0.197. The molecule has 0 radical (unpaired) electrons. The van der Waals surface area contributed by atoms with Crippen LogP contribution in [0, 0.1) is 0 Å². The van der Waals surface area contributed by atoms with E-state index in [0.29, 0.717) is 0 Å². The van der Waals surface area contributed by atoms with Gasteiger partial charge in [-0.3, -0.25) is 0 Å². The van der Waals surface area contributed by atoms with Gasteiger partial charge in [-0.05, 0) is 18.9 Å². The van der Waals surface area contributed by atoms with Crippen molar-refractivity contribution in [2.45, 2.75) is 39.2 Å². The van der Waals surface area contributed by atoms with Crippen LogP contribution in [0.3, 0.4) is 0 Å². The Bertz CT molecular complexity index is 132. The maximum atomic E-state index is 9.31. The predicted molar refractivity (Wildman–Crippen MR) is 43.9 cm³/mol. The Balaban J connectivity index is 3.62. The number of hydrogen-bond acceptors (Lipinski definition) is 1. The van der Waals surface area contributed by atoms with Gasteiger partial charge in [0.1, 0.15) is 0 Å². The maximum absolute atomic E-state index is 9.31. The molecule has 0 spiro atoms. The summed E-state index contributed by atoms with van der Waals surface area (Å²) in [6.07, 6.45) is 2.71. The highest BCUT2D eigenvalue weighted by Gasteiger charge is 2.03. The van der Waals surface area contributed by atoms with Crippen molar-refractivity contribution in [1.29, 1.82) is 0 Å². The molecule has 1 nitrogen and oxygen atoms in total. The highest BCUT2D eigenvalue weighted by atomic mass is 16.3. The number of unbranched alkanes of at least 4 members (excludes halogenated alkanes) is 1. The molecule has 0 aromatic rings. The summed E-state index contributed by atoms with van der Waals surface area (Å²) in [6, 6.07) is 0. The number of rotatable bonds is 4. The number of aliphatic hydroxyl groups is 1. The second-order valence-electron chi connectivity index (χ2n) is 2.52. The molecule has 1 unspecified atom stereocenters. The minimum Gasteiger partial charge on any atom is -0.388 e. The Morgan fingerprint density at radius 2 is 2.30 bits per heavy atom. The van der Waals surface area contributed by atoms with Crippen molar-refractivity contribution >= 4 is 0 Å². The molecule has 0 rings (SSSR count). The summed E-state index contributed by atoms with van der Waals surface area (Å²) in [6.45, 7) is 7.43. The topological polar surface area (TPSA) is 20.2 Å². The smallest absolute Gasteiger partial charge is 0.0820 e. The van der Waals surface area contributed by atoms with Gasteiger partial charge in [0, 0.05) is 0 Å². The number of hydrogen-bond donors (Lipinski definition) is 1. The lowest BCUT2D eigenvalue weighted by Crippen LogP contribution is -2.06. The zero-order valence-electron chi connectivity index (χ0n) is 6.85. The van der Waals surface area contributed by atoms with Crippen molar-refractivity contribution < 1.29 is 5.11 Å². The standard InChI is InChI=1S/C9H16O/c1-4-6-7-9(10)8(3)5-2/h9-10H,2,4,6-7H2,1,3H3. The summed E-state index contributed by atoms with van der Waals surface area (Å²) >= 11 is 0. The third kappa shape index (κ3) is 3.49. The Hall–Kier alpha value is -0.520. The molecule has 0 saturated carbocycles. The predicted octanol–water partition coefficient (Wildman–Crippen LogP) is 2.27. The average Bonchev–Trinajstić information content (AvgIpc) is 1.98. The molecule has 1 heteroatoms. The van der Waals surface area contributed by atoms with Crippen LogP contribution in [0.25, 0.3) is 0 Å². The summed E-state index contributed by atoms with van der Waals surface area (Å²) in [5.41, 5.74) is 3.55. The molecule has 0 aromatic carbocycles. The van der Waals surface area contributed by atoms with E-state index in [0.717, 1.165) is 24.8 Å². The van der Waals surface area contributed by atoms with E-state index < -0.39 is 0 Å². The first-order valence-electron chi connectivity index (χ1n) is 3.77. The first kappa shape index (κ1) is 9.48. The Morgan fingerprint density at radius 1 is 1.70 bits per heavy atom. The summed E-state index contributed by atoms with van der Waals surface area (Å²) in [4.78, 5) is 0. The quantitative estimate of drug-likeness (QED) is 0.594. The normalized spacial score (nSPS) is 12.3. The summed E-state index contributed by atoms with van der Waals surface area (Å²) < 4.78 is 0. The average molecular weight is 140 g/mol. The third-order valence-corrected chi connectivity index (χ3v) is 1.61. The molecule has 0 bridgehead atoms. The molecule has 0 aliphatic carbocycles. The fourth-order valence-corrected chi connectivity index (χ4v) is 0.732. The Kier molecular flexibility index (Phi) is 5.00. The first-order valence-corrected chi connectivity index (χ1v) is 3.77. The van der Waals surface area contributed by atoms with Crippen LogP contribution in [0.1, 0.15) is 33.1 Å². The maximum Gasteiger partial charge on any atom is 0.0820 e. The molecule has 1 N–H and O–H groups in total. The van der Waals surface area contributed by atoms with Crippen LogP contribution >= 0.6 is 0 Å². The van der Waals surface area contributed by atoms with Crippen molar-refractivity contribution in [3.05, 3.63) is 17.9 Å². The van der Waals surface area contributed by atoms with Gasteiger partial charge in [-0.25, -0.2) is 0 Å². The second-order valence-corrected chi connectivity index (χ2v) is 2.52. The van der Waals surface area contributed by atoms with Gasteiger partial charge in [-0.15, -0.1) is 5.73 Å². The SMILES string of the molecule is C=C=C(C)C(O)CCCC. The van der Waals surface area contributed by atoms with Gasteiger partial charge in [0.05, 0.1) is 6.10 Å². The van der Waals surface area contributed by atoms with Crippen LogP contribution in [0.2, 0.25) is 0 Å². The van der Waals surface area contributed by atoms with E-state index in [1.54, 1.807) is 0 Å². The molecule has 0 saturated heterocycles. The Labute approximate surface area is 63.1 Å². The van der Waals surface area contributed by atoms with Crippen molar-refractivity contribution in [3.63, 3.8) is 0 Å². The fourth-order valence-electron chi connectivity index (χ4n) is 0.732. The monoisotopic (exact) mass is 140 g/mol. The zero-order valence-corrected chi connectivity index (χ0v) is 6.85. The highest BCUT2D eigenvalue weighted by Crippen LogP contribution is 2.07. The van der Waals surface area contributed by atoms with Crippen LogP contribution < -0.4 is 0 Å². The van der Waals surface area contributed by atoms with E-state index in [1.807, 2.05) is 6.92 Å². The van der Waals surface area contributed by atoms with Gasteiger partial charge in [0.2, 0.25) is 0 Å². The van der Waals surface area contributed by atoms with E-state index in [1.165, 1.54) is 0 Å². The molecule has 1 atom stereocenters. The van der Waals surface area contributed by atoms with E-state index in [4.69, 9.17) is 0 Å². The van der Waals surface area contributed by atoms with Gasteiger partial charge in [0.15, 0.2) is 0 Å². The van der Waals surface area contributed by atoms with Crippen LogP contribution in [-0.2, 0) is 0 Å². The van der Waals surface area contributed by atoms with Gasteiger partial charge >= 0.3 is 0 Å². The highest BCUT2D eigenvalue weighted by molar-refractivity contribution is 5.00. The van der Waals surface area contributed by atoms with E-state index in [-0.39, 0.29) is 6.10 Å². The molecule has 0 heterocycles. The van der Waals surface area contributed by atoms with Crippen LogP contribution in [-0.4, -0.2) is 11.2 Å². The molecule has 0 aliphatic heterocycles. The first-order chi connectivity index (χ1) is 4.72. The van der Waals surface area contributed by atoms with Gasteiger partial charge in [-0.1, -0.05) is 26.3 Å². The van der Waals surface area contributed by atoms with Crippen LogP contribution in [0.4, 0.5) is 0 Å². The second kappa shape index (κ2) is 5.28. The summed E-state index contributed by atoms with van der Waals surface area (Å²) in [5.74, 6) is 0. The van der Waals surface area contributed by atoms with Crippen molar-refractivity contribution in [1.82, 2.24) is 0 Å². The molecular formula is C9H16O. The van der Waals surface area contributed by atoms with Crippen molar-refractivity contribution in [2.24, 2.45) is 0 Å². The van der Waals surface area contributed by atoms with E-state index in [2.05, 4.69) is 19.2 Å². The minimum atomic E-state index is -0.322. The Morgan fingerprint density at radius 3 is 2.70 bits per heavy atom. The zero-order chi connectivity index (χ0) is 7.98. The van der Waals surface area contributed by atoms with Crippen LogP contribution in [0.15, 0.2) is 17.9 Å². The van der Waals surface area contributed by atoms with Gasteiger partial charge in [0.25, 0.3) is 0 Å². The van der Waals surface area contributed by atoms with E-state index in [9.17, 15) is 5.11 Å². The van der Waals surface area contributed by atoms with Crippen molar-refractivity contribution in [3.8, 4) is 0 Å². The van der Waals surface area contributed by atoms with Gasteiger partial charge < -0.3 is 5.11 Å². The summed E-state index contributed by atoms with van der Waals surface area (Å²) in [5, 5.41) is 9.31. The van der Waals surface area contributed by atoms with Crippen LogP contribution in [0.5, 0.6) is 0 Å². The fraction of sp³-hybridized carbons (Fsp3) is 0.667. The van der Waals surface area contributed by atoms with Gasteiger partial charge in [-0.2, -0.15) is 0 Å². The van der Waals surface area contributed by atoms with Crippen molar-refractivity contribution in [2.75, 3.05) is 0 Å². The number of aliphatic hydroxyl groups excluding tert-OH is 1. The lowest BCUT2D eigenvalue weighted by Gasteiger charge is -2.06. The molecule has 10 heavy (non-hydrogen) atoms. The summed E-state index contributed by atoms with van der Waals surface area (Å²) in [7, 11) is 0. The molecule has 0 fully saturated rings. The largest absolute Gasteiger partial charge is 0.388 e. The molecule has 0 amide bonds. The molecule has 0 aliphatic rings. The molecular weight excluding hydrogens is 124 g/mol. The molecule has 0 aromatic heterocycles. The third-order valence-electron chi connectivity index (χ3n) is 1.61. The molecule has 58 valence electrons. The lowest BCUT2D eigenvalue weighted by atomic mass is 10.1. The minimum absolute atomic E-state index is 0.322. The van der Waals surface area contributed by atoms with E-state index >= 15 is 0 Å².